The van der Waals surface area contributed by atoms with Crippen LogP contribution in [0.25, 0.3) is 0 Å². The molecule has 1 aromatic heterocycles. The zero-order valence-electron chi connectivity index (χ0n) is 14.0. The maximum atomic E-state index is 12.5. The molecule has 0 spiro atoms. The van der Waals surface area contributed by atoms with E-state index in [0.29, 0.717) is 19.5 Å². The molecule has 1 amide bonds. The number of piperazine rings is 1. The van der Waals surface area contributed by atoms with Gasteiger partial charge in [-0.2, -0.15) is 0 Å². The number of rotatable bonds is 4. The molecular formula is C18H24Cl2N4O. The molecule has 0 aliphatic carbocycles. The molecule has 1 saturated heterocycles. The average Bonchev–Trinajstić information content (AvgIpc) is 2.63. The van der Waals surface area contributed by atoms with Crippen LogP contribution in [0.5, 0.6) is 0 Å². The second-order valence-electron chi connectivity index (χ2n) is 5.80. The molecule has 1 aliphatic heterocycles. The van der Waals surface area contributed by atoms with Crippen molar-refractivity contribution in [3.8, 4) is 0 Å². The Labute approximate surface area is 161 Å². The zero-order chi connectivity index (χ0) is 16.1. The summed E-state index contributed by atoms with van der Waals surface area (Å²) in [6, 6.07) is 15.3. The molecule has 1 aromatic carbocycles. The topological polar surface area (TPSA) is 62.5 Å². The van der Waals surface area contributed by atoms with Crippen molar-refractivity contribution in [3.63, 3.8) is 0 Å². The molecule has 2 N–H and O–H groups in total. The summed E-state index contributed by atoms with van der Waals surface area (Å²) in [6.07, 6.45) is 2.38. The number of carbonyl (C=O) groups excluding carboxylic acids is 1. The van der Waals surface area contributed by atoms with Gasteiger partial charge in [0.15, 0.2) is 0 Å². The van der Waals surface area contributed by atoms with Gasteiger partial charge in [-0.05, 0) is 24.1 Å². The van der Waals surface area contributed by atoms with Crippen LogP contribution >= 0.6 is 24.8 Å². The maximum Gasteiger partial charge on any atom is 0.239 e. The summed E-state index contributed by atoms with van der Waals surface area (Å²) >= 11 is 0. The Morgan fingerprint density at radius 2 is 1.64 bits per heavy atom. The van der Waals surface area contributed by atoms with Gasteiger partial charge in [-0.1, -0.05) is 36.4 Å². The highest BCUT2D eigenvalue weighted by Gasteiger charge is 2.25. The molecule has 3 rings (SSSR count). The lowest BCUT2D eigenvalue weighted by molar-refractivity contribution is -0.132. The smallest absolute Gasteiger partial charge is 0.239 e. The lowest BCUT2D eigenvalue weighted by atomic mass is 10.1. The normalized spacial score (nSPS) is 14.9. The van der Waals surface area contributed by atoms with Gasteiger partial charge >= 0.3 is 0 Å². The van der Waals surface area contributed by atoms with Crippen LogP contribution in [-0.4, -0.2) is 48.0 Å². The van der Waals surface area contributed by atoms with Crippen LogP contribution < -0.4 is 10.6 Å². The number of carbonyl (C=O) groups is 1. The summed E-state index contributed by atoms with van der Waals surface area (Å²) in [6.45, 7) is 2.97. The molecule has 2 aromatic rings. The second kappa shape index (κ2) is 10.2. The summed E-state index contributed by atoms with van der Waals surface area (Å²) in [5, 5.41) is 0. The lowest BCUT2D eigenvalue weighted by Crippen LogP contribution is -2.53. The number of hydrogen-bond donors (Lipinski definition) is 1. The highest BCUT2D eigenvalue weighted by atomic mass is 35.5. The number of nitrogens with zero attached hydrogens (tertiary/aromatic N) is 3. The van der Waals surface area contributed by atoms with Gasteiger partial charge in [0.25, 0.3) is 0 Å². The lowest BCUT2D eigenvalue weighted by Gasteiger charge is -2.36. The number of benzene rings is 1. The standard InChI is InChI=1S/C18H22N4O.2ClH/c19-16(14-15-6-2-1-3-7-15)18(23)22-12-10-21(11-13-22)17-8-4-5-9-20-17;;/h1-9,16H,10-14,19H2;2*1H. The predicted molar refractivity (Wildman–Crippen MR) is 106 cm³/mol. The third-order valence-corrected chi connectivity index (χ3v) is 4.18. The number of halogens is 2. The second-order valence-corrected chi connectivity index (χ2v) is 5.80. The van der Waals surface area contributed by atoms with Crippen LogP contribution in [0.4, 0.5) is 5.82 Å². The highest BCUT2D eigenvalue weighted by Crippen LogP contribution is 2.13. The van der Waals surface area contributed by atoms with E-state index in [2.05, 4.69) is 9.88 Å². The summed E-state index contributed by atoms with van der Waals surface area (Å²) in [5.74, 6) is 1.00. The third kappa shape index (κ3) is 5.59. The van der Waals surface area contributed by atoms with Gasteiger partial charge < -0.3 is 15.5 Å². The van der Waals surface area contributed by atoms with Crippen LogP contribution in [0.2, 0.25) is 0 Å². The van der Waals surface area contributed by atoms with E-state index in [0.717, 1.165) is 24.5 Å². The maximum absolute atomic E-state index is 12.5. The van der Waals surface area contributed by atoms with Crippen molar-refractivity contribution < 1.29 is 4.79 Å². The van der Waals surface area contributed by atoms with E-state index >= 15 is 0 Å². The van der Waals surface area contributed by atoms with Gasteiger partial charge in [0.05, 0.1) is 6.04 Å². The SMILES string of the molecule is Cl.Cl.NC(Cc1ccccc1)C(=O)N1CCN(c2ccccn2)CC1. The van der Waals surface area contributed by atoms with Crippen molar-refractivity contribution in [1.82, 2.24) is 9.88 Å². The van der Waals surface area contributed by atoms with Crippen molar-refractivity contribution in [1.29, 1.82) is 0 Å². The first-order valence-electron chi connectivity index (χ1n) is 7.98. The fraction of sp³-hybridized carbons (Fsp3) is 0.333. The van der Waals surface area contributed by atoms with E-state index < -0.39 is 6.04 Å². The predicted octanol–water partition coefficient (Wildman–Crippen LogP) is 2.14. The Morgan fingerprint density at radius 1 is 1.00 bits per heavy atom. The van der Waals surface area contributed by atoms with Crippen LogP contribution in [0.1, 0.15) is 5.56 Å². The first-order valence-corrected chi connectivity index (χ1v) is 7.98. The van der Waals surface area contributed by atoms with Gasteiger partial charge in [0.1, 0.15) is 5.82 Å². The first kappa shape index (κ1) is 21.2. The molecular weight excluding hydrogens is 359 g/mol. The van der Waals surface area contributed by atoms with Crippen LogP contribution in [0, 0.1) is 0 Å². The largest absolute Gasteiger partial charge is 0.353 e. The highest BCUT2D eigenvalue weighted by molar-refractivity contribution is 5.85. The van der Waals surface area contributed by atoms with Crippen molar-refractivity contribution in [2.24, 2.45) is 5.73 Å². The molecule has 1 fully saturated rings. The number of anilines is 1. The van der Waals surface area contributed by atoms with E-state index in [1.165, 1.54) is 0 Å². The molecule has 1 atom stereocenters. The monoisotopic (exact) mass is 382 g/mol. The van der Waals surface area contributed by atoms with Gasteiger partial charge in [-0.15, -0.1) is 24.8 Å². The minimum absolute atomic E-state index is 0. The van der Waals surface area contributed by atoms with E-state index in [-0.39, 0.29) is 30.7 Å². The average molecular weight is 383 g/mol. The number of nitrogens with two attached hydrogens (primary N) is 1. The first-order chi connectivity index (χ1) is 11.2. The van der Waals surface area contributed by atoms with Gasteiger partial charge in [0.2, 0.25) is 5.91 Å². The fourth-order valence-corrected chi connectivity index (χ4v) is 2.89. The summed E-state index contributed by atoms with van der Waals surface area (Å²) in [5.41, 5.74) is 7.21. The van der Waals surface area contributed by atoms with Gasteiger partial charge in [-0.3, -0.25) is 4.79 Å². The Bertz CT molecular complexity index is 634. The molecule has 0 saturated carbocycles. The molecule has 0 bridgehead atoms. The molecule has 1 aliphatic rings. The Hall–Kier alpha value is -1.82. The van der Waals surface area contributed by atoms with E-state index in [4.69, 9.17) is 5.73 Å². The van der Waals surface area contributed by atoms with Gasteiger partial charge in [0, 0.05) is 32.4 Å². The molecule has 25 heavy (non-hydrogen) atoms. The number of aromatic nitrogens is 1. The Kier molecular flexibility index (Phi) is 8.69. The number of hydrogen-bond acceptors (Lipinski definition) is 4. The fourth-order valence-electron chi connectivity index (χ4n) is 2.89. The van der Waals surface area contributed by atoms with E-state index in [1.54, 1.807) is 6.20 Å². The summed E-state index contributed by atoms with van der Waals surface area (Å²) in [4.78, 5) is 20.9. The van der Waals surface area contributed by atoms with Gasteiger partial charge in [-0.25, -0.2) is 4.98 Å². The molecule has 0 radical (unpaired) electrons. The summed E-state index contributed by atoms with van der Waals surface area (Å²) < 4.78 is 0. The molecule has 136 valence electrons. The molecule has 7 heteroatoms. The number of amides is 1. The Balaban J connectivity index is 0.00000156. The van der Waals surface area contributed by atoms with Crippen LogP contribution in [0.3, 0.4) is 0 Å². The summed E-state index contributed by atoms with van der Waals surface area (Å²) in [7, 11) is 0. The zero-order valence-corrected chi connectivity index (χ0v) is 15.6. The minimum atomic E-state index is -0.473. The van der Waals surface area contributed by atoms with Crippen molar-refractivity contribution in [3.05, 3.63) is 60.3 Å². The van der Waals surface area contributed by atoms with E-state index in [9.17, 15) is 4.79 Å². The minimum Gasteiger partial charge on any atom is -0.353 e. The van der Waals surface area contributed by atoms with Crippen molar-refractivity contribution >= 4 is 36.5 Å². The molecule has 1 unspecified atom stereocenters. The molecule has 2 heterocycles. The van der Waals surface area contributed by atoms with Crippen LogP contribution in [0.15, 0.2) is 54.7 Å². The molecule has 5 nitrogen and oxygen atoms in total. The van der Waals surface area contributed by atoms with Crippen LogP contribution in [-0.2, 0) is 11.2 Å². The van der Waals surface area contributed by atoms with Crippen molar-refractivity contribution in [2.75, 3.05) is 31.1 Å². The number of pyridine rings is 1. The van der Waals surface area contributed by atoms with E-state index in [1.807, 2.05) is 53.4 Å². The van der Waals surface area contributed by atoms with Crippen molar-refractivity contribution in [2.45, 2.75) is 12.5 Å². The Morgan fingerprint density at radius 3 is 2.24 bits per heavy atom. The quantitative estimate of drug-likeness (QED) is 0.879. The third-order valence-electron chi connectivity index (χ3n) is 4.18.